The van der Waals surface area contributed by atoms with E-state index in [9.17, 15) is 9.59 Å². The van der Waals surface area contributed by atoms with Crippen LogP contribution in [0.25, 0.3) is 0 Å². The molecule has 0 bridgehead atoms. The maximum atomic E-state index is 12.7. The van der Waals surface area contributed by atoms with E-state index in [-0.39, 0.29) is 23.9 Å². The quantitative estimate of drug-likeness (QED) is 0.651. The van der Waals surface area contributed by atoms with Crippen molar-refractivity contribution in [2.75, 3.05) is 10.6 Å². The second-order valence-corrected chi connectivity index (χ2v) is 6.76. The van der Waals surface area contributed by atoms with Crippen molar-refractivity contribution in [1.29, 1.82) is 0 Å². The minimum Gasteiger partial charge on any atom is -0.323 e. The van der Waals surface area contributed by atoms with Gasteiger partial charge >= 0.3 is 0 Å². The van der Waals surface area contributed by atoms with Gasteiger partial charge in [0.15, 0.2) is 0 Å². The second kappa shape index (κ2) is 7.85. The molecule has 0 aliphatic rings. The molecule has 0 aromatic carbocycles. The summed E-state index contributed by atoms with van der Waals surface area (Å²) in [5.41, 5.74) is 2.78. The standard InChI is InChI=1S/C17H21ClN8O2/c1-10-12(18)7-21-26(10)6-5-15(27)22-14-9-20-25(4)16(14)17(28)23-13-8-19-24(3)11(13)2/h7-9H,5-6H2,1-4H3,(H,22,27)(H,23,28). The number of aromatic nitrogens is 6. The van der Waals surface area contributed by atoms with Crippen LogP contribution in [0, 0.1) is 13.8 Å². The Kier molecular flexibility index (Phi) is 5.50. The van der Waals surface area contributed by atoms with E-state index in [0.29, 0.717) is 22.9 Å². The molecule has 2 N–H and O–H groups in total. The maximum Gasteiger partial charge on any atom is 0.276 e. The average molecular weight is 405 g/mol. The van der Waals surface area contributed by atoms with Crippen molar-refractivity contribution in [3.63, 3.8) is 0 Å². The first-order valence-electron chi connectivity index (χ1n) is 8.57. The molecule has 11 heteroatoms. The molecule has 0 spiro atoms. The second-order valence-electron chi connectivity index (χ2n) is 6.35. The van der Waals surface area contributed by atoms with Crippen LogP contribution in [0.3, 0.4) is 0 Å². The monoisotopic (exact) mass is 404 g/mol. The van der Waals surface area contributed by atoms with Gasteiger partial charge in [0.25, 0.3) is 5.91 Å². The first kappa shape index (κ1) is 19.6. The molecule has 0 saturated heterocycles. The Hall–Kier alpha value is -3.14. The van der Waals surface area contributed by atoms with Crippen LogP contribution in [0.2, 0.25) is 5.02 Å². The number of amides is 2. The lowest BCUT2D eigenvalue weighted by Gasteiger charge is -2.09. The summed E-state index contributed by atoms with van der Waals surface area (Å²) in [7, 11) is 3.42. The van der Waals surface area contributed by atoms with Crippen LogP contribution >= 0.6 is 11.6 Å². The van der Waals surface area contributed by atoms with Crippen LogP contribution in [0.1, 0.15) is 28.3 Å². The van der Waals surface area contributed by atoms with Crippen molar-refractivity contribution >= 4 is 34.8 Å². The van der Waals surface area contributed by atoms with Crippen LogP contribution in [-0.2, 0) is 25.4 Å². The number of hydrogen-bond donors (Lipinski definition) is 2. The lowest BCUT2D eigenvalue weighted by molar-refractivity contribution is -0.116. The first-order valence-corrected chi connectivity index (χ1v) is 8.95. The summed E-state index contributed by atoms with van der Waals surface area (Å²) >= 11 is 5.97. The van der Waals surface area contributed by atoms with Crippen molar-refractivity contribution in [2.24, 2.45) is 14.1 Å². The lowest BCUT2D eigenvalue weighted by Crippen LogP contribution is -2.21. The van der Waals surface area contributed by atoms with Gasteiger partial charge in [0.05, 0.1) is 52.9 Å². The lowest BCUT2D eigenvalue weighted by atomic mass is 10.3. The Morgan fingerprint density at radius 2 is 1.64 bits per heavy atom. The zero-order valence-corrected chi connectivity index (χ0v) is 16.8. The van der Waals surface area contributed by atoms with Gasteiger partial charge in [-0.15, -0.1) is 0 Å². The van der Waals surface area contributed by atoms with Gasteiger partial charge in [-0.05, 0) is 13.8 Å². The van der Waals surface area contributed by atoms with E-state index in [1.807, 2.05) is 13.8 Å². The molecule has 0 aliphatic heterocycles. The number of anilines is 2. The highest BCUT2D eigenvalue weighted by molar-refractivity contribution is 6.31. The molecule has 0 radical (unpaired) electrons. The third kappa shape index (κ3) is 3.91. The number of nitrogens with zero attached hydrogens (tertiary/aromatic N) is 6. The topological polar surface area (TPSA) is 112 Å². The number of aryl methyl sites for hydroxylation is 3. The molecular weight excluding hydrogens is 384 g/mol. The van der Waals surface area contributed by atoms with E-state index in [1.54, 1.807) is 35.9 Å². The summed E-state index contributed by atoms with van der Waals surface area (Å²) in [6.07, 6.45) is 4.73. The van der Waals surface area contributed by atoms with Crippen LogP contribution in [0.5, 0.6) is 0 Å². The molecular formula is C17H21ClN8O2. The third-order valence-corrected chi connectivity index (χ3v) is 4.88. The highest BCUT2D eigenvalue weighted by Gasteiger charge is 2.20. The smallest absolute Gasteiger partial charge is 0.276 e. The molecule has 10 nitrogen and oxygen atoms in total. The molecule has 2 amide bonds. The number of hydrogen-bond acceptors (Lipinski definition) is 5. The summed E-state index contributed by atoms with van der Waals surface area (Å²) in [5.74, 6) is -0.647. The van der Waals surface area contributed by atoms with Gasteiger partial charge in [0.1, 0.15) is 5.69 Å². The molecule has 3 aromatic rings. The number of carbonyl (C=O) groups excluding carboxylic acids is 2. The molecule has 0 atom stereocenters. The Balaban J connectivity index is 1.68. The summed E-state index contributed by atoms with van der Waals surface area (Å²) in [6.45, 7) is 4.05. The number of nitrogens with one attached hydrogen (secondary N) is 2. The minimum absolute atomic E-state index is 0.177. The molecule has 3 rings (SSSR count). The fraction of sp³-hybridized carbons (Fsp3) is 0.353. The fourth-order valence-corrected chi connectivity index (χ4v) is 2.81. The maximum absolute atomic E-state index is 12.7. The molecule has 0 fully saturated rings. The number of rotatable bonds is 6. The van der Waals surface area contributed by atoms with Crippen molar-refractivity contribution < 1.29 is 9.59 Å². The van der Waals surface area contributed by atoms with E-state index < -0.39 is 0 Å². The molecule has 0 unspecified atom stereocenters. The molecule has 3 aromatic heterocycles. The Bertz CT molecular complexity index is 1030. The van der Waals surface area contributed by atoms with Crippen molar-refractivity contribution in [2.45, 2.75) is 26.8 Å². The van der Waals surface area contributed by atoms with E-state index in [2.05, 4.69) is 25.9 Å². The zero-order chi connectivity index (χ0) is 20.4. The van der Waals surface area contributed by atoms with Crippen molar-refractivity contribution in [3.05, 3.63) is 40.7 Å². The van der Waals surface area contributed by atoms with Gasteiger partial charge in [-0.2, -0.15) is 15.3 Å². The van der Waals surface area contributed by atoms with Crippen LogP contribution in [0.4, 0.5) is 11.4 Å². The predicted molar refractivity (Wildman–Crippen MR) is 104 cm³/mol. The van der Waals surface area contributed by atoms with Crippen molar-refractivity contribution in [1.82, 2.24) is 29.3 Å². The Labute approximate surface area is 166 Å². The molecule has 3 heterocycles. The van der Waals surface area contributed by atoms with E-state index in [4.69, 9.17) is 11.6 Å². The van der Waals surface area contributed by atoms with E-state index in [1.165, 1.54) is 10.9 Å². The van der Waals surface area contributed by atoms with Gasteiger partial charge in [-0.1, -0.05) is 11.6 Å². The van der Waals surface area contributed by atoms with E-state index in [0.717, 1.165) is 11.4 Å². The predicted octanol–water partition coefficient (Wildman–Crippen LogP) is 1.90. The normalized spacial score (nSPS) is 10.9. The average Bonchev–Trinajstić information content (AvgIpc) is 3.28. The molecule has 148 valence electrons. The van der Waals surface area contributed by atoms with Crippen LogP contribution in [0.15, 0.2) is 18.6 Å². The molecule has 28 heavy (non-hydrogen) atoms. The van der Waals surface area contributed by atoms with Gasteiger partial charge in [-0.3, -0.25) is 23.6 Å². The van der Waals surface area contributed by atoms with Gasteiger partial charge < -0.3 is 10.6 Å². The highest BCUT2D eigenvalue weighted by Crippen LogP contribution is 2.19. The first-order chi connectivity index (χ1) is 13.3. The fourth-order valence-electron chi connectivity index (χ4n) is 2.67. The highest BCUT2D eigenvalue weighted by atomic mass is 35.5. The summed E-state index contributed by atoms with van der Waals surface area (Å²) in [6, 6.07) is 0. The van der Waals surface area contributed by atoms with E-state index >= 15 is 0 Å². The summed E-state index contributed by atoms with van der Waals surface area (Å²) in [5, 5.41) is 18.4. The Morgan fingerprint density at radius 3 is 2.25 bits per heavy atom. The van der Waals surface area contributed by atoms with Crippen LogP contribution in [-0.4, -0.2) is 41.2 Å². The number of carbonyl (C=O) groups is 2. The summed E-state index contributed by atoms with van der Waals surface area (Å²) < 4.78 is 4.73. The minimum atomic E-state index is -0.388. The van der Waals surface area contributed by atoms with Crippen molar-refractivity contribution in [3.8, 4) is 0 Å². The number of halogens is 1. The Morgan fingerprint density at radius 1 is 0.964 bits per heavy atom. The SMILES string of the molecule is Cc1c(NC(=O)c2c(NC(=O)CCn3ncc(Cl)c3C)cnn2C)cnn1C. The molecule has 0 saturated carbocycles. The van der Waals surface area contributed by atoms with Gasteiger partial charge in [0, 0.05) is 20.5 Å². The largest absolute Gasteiger partial charge is 0.323 e. The zero-order valence-electron chi connectivity index (χ0n) is 16.0. The molecule has 0 aliphatic carbocycles. The van der Waals surface area contributed by atoms with Crippen LogP contribution < -0.4 is 10.6 Å². The third-order valence-electron chi connectivity index (χ3n) is 4.51. The van der Waals surface area contributed by atoms with Gasteiger partial charge in [0.2, 0.25) is 5.91 Å². The summed E-state index contributed by atoms with van der Waals surface area (Å²) in [4.78, 5) is 25.0. The van der Waals surface area contributed by atoms with Gasteiger partial charge in [-0.25, -0.2) is 0 Å².